The molecule has 1 aromatic carbocycles. The molecule has 20 heavy (non-hydrogen) atoms. The van der Waals surface area contributed by atoms with E-state index in [0.717, 1.165) is 25.1 Å². The van der Waals surface area contributed by atoms with E-state index in [-0.39, 0.29) is 0 Å². The van der Waals surface area contributed by atoms with Gasteiger partial charge < -0.3 is 15.1 Å². The zero-order valence-corrected chi connectivity index (χ0v) is 12.4. The number of aryl methyl sites for hydroxylation is 2. The lowest BCUT2D eigenvalue weighted by Crippen LogP contribution is -2.13. The van der Waals surface area contributed by atoms with Gasteiger partial charge in [-0.05, 0) is 37.4 Å². The molecule has 0 aliphatic rings. The van der Waals surface area contributed by atoms with Crippen molar-refractivity contribution in [1.29, 1.82) is 0 Å². The van der Waals surface area contributed by atoms with Crippen LogP contribution in [-0.4, -0.2) is 16.7 Å². The van der Waals surface area contributed by atoms with E-state index >= 15 is 0 Å². The van der Waals surface area contributed by atoms with Gasteiger partial charge in [-0.2, -0.15) is 0 Å². The predicted octanol–water partition coefficient (Wildman–Crippen LogP) is 3.18. The summed E-state index contributed by atoms with van der Waals surface area (Å²) >= 11 is 0. The summed E-state index contributed by atoms with van der Waals surface area (Å²) in [6, 6.07) is 6.69. The first-order valence-corrected chi connectivity index (χ1v) is 7.13. The van der Waals surface area contributed by atoms with Crippen molar-refractivity contribution in [2.24, 2.45) is 0 Å². The van der Waals surface area contributed by atoms with Crippen LogP contribution in [0.25, 0.3) is 0 Å². The van der Waals surface area contributed by atoms with Crippen molar-refractivity contribution >= 4 is 11.7 Å². The zero-order valence-electron chi connectivity index (χ0n) is 12.4. The zero-order chi connectivity index (χ0) is 14.4. The molecule has 0 fully saturated rings. The summed E-state index contributed by atoms with van der Waals surface area (Å²) in [5.74, 6) is 0.604. The second-order valence-corrected chi connectivity index (χ2v) is 4.77. The highest BCUT2D eigenvalue weighted by Crippen LogP contribution is 2.24. The van der Waals surface area contributed by atoms with Gasteiger partial charge in [-0.3, -0.25) is 0 Å². The fraction of sp³-hybridized carbons (Fsp3) is 0.467. The number of nitrogens with zero attached hydrogens (tertiary/aromatic N) is 2. The molecular formula is C15H22N4O. The number of benzene rings is 1. The van der Waals surface area contributed by atoms with Crippen molar-refractivity contribution in [3.63, 3.8) is 0 Å². The van der Waals surface area contributed by atoms with Crippen LogP contribution >= 0.6 is 0 Å². The molecule has 5 nitrogen and oxygen atoms in total. The molecule has 0 radical (unpaired) electrons. The van der Waals surface area contributed by atoms with Gasteiger partial charge in [0.2, 0.25) is 5.89 Å². The molecule has 2 aromatic rings. The highest BCUT2D eigenvalue weighted by atomic mass is 16.4. The van der Waals surface area contributed by atoms with E-state index < -0.39 is 0 Å². The van der Waals surface area contributed by atoms with Crippen LogP contribution in [0.4, 0.5) is 11.7 Å². The Morgan fingerprint density at radius 1 is 1.20 bits per heavy atom. The molecule has 0 unspecified atom stereocenters. The highest BCUT2D eigenvalue weighted by molar-refractivity contribution is 5.62. The maximum Gasteiger partial charge on any atom is 0.320 e. The Morgan fingerprint density at radius 3 is 2.80 bits per heavy atom. The Labute approximate surface area is 119 Å². The van der Waals surface area contributed by atoms with Crippen LogP contribution in [0, 0.1) is 6.92 Å². The van der Waals surface area contributed by atoms with E-state index in [2.05, 4.69) is 59.8 Å². The molecule has 2 rings (SSSR count). The topological polar surface area (TPSA) is 63.0 Å². The first kappa shape index (κ1) is 14.5. The van der Waals surface area contributed by atoms with Gasteiger partial charge >= 0.3 is 6.01 Å². The van der Waals surface area contributed by atoms with Crippen LogP contribution in [0.5, 0.6) is 0 Å². The molecule has 5 heteroatoms. The second kappa shape index (κ2) is 7.05. The molecular weight excluding hydrogens is 252 g/mol. The van der Waals surface area contributed by atoms with Gasteiger partial charge in [0.1, 0.15) is 0 Å². The van der Waals surface area contributed by atoms with Crippen LogP contribution < -0.4 is 10.6 Å². The number of aromatic nitrogens is 2. The lowest BCUT2D eigenvalue weighted by atomic mass is 10.1. The van der Waals surface area contributed by atoms with E-state index in [0.29, 0.717) is 18.5 Å². The molecule has 0 atom stereocenters. The molecule has 0 amide bonds. The van der Waals surface area contributed by atoms with E-state index in [4.69, 9.17) is 4.42 Å². The summed E-state index contributed by atoms with van der Waals surface area (Å²) in [7, 11) is 0. The van der Waals surface area contributed by atoms with Crippen molar-refractivity contribution in [2.45, 2.75) is 40.2 Å². The third kappa shape index (κ3) is 3.57. The van der Waals surface area contributed by atoms with Crippen LogP contribution in [0.15, 0.2) is 22.6 Å². The van der Waals surface area contributed by atoms with E-state index in [1.165, 1.54) is 11.1 Å². The van der Waals surface area contributed by atoms with Crippen LogP contribution in [0.1, 0.15) is 37.3 Å². The van der Waals surface area contributed by atoms with Gasteiger partial charge in [0, 0.05) is 5.69 Å². The van der Waals surface area contributed by atoms with Crippen molar-refractivity contribution in [2.75, 3.05) is 11.9 Å². The van der Waals surface area contributed by atoms with Gasteiger partial charge in [-0.1, -0.05) is 37.1 Å². The minimum Gasteiger partial charge on any atom is -0.406 e. The standard InChI is InChI=1S/C15H22N4O/c1-4-9-16-10-13-18-19-15(20-13)17-14-11(3)7-6-8-12(14)5-2/h6-8,16H,4-5,9-10H2,1-3H3,(H,17,19). The Morgan fingerprint density at radius 2 is 2.05 bits per heavy atom. The second-order valence-electron chi connectivity index (χ2n) is 4.77. The maximum atomic E-state index is 5.59. The largest absolute Gasteiger partial charge is 0.406 e. The summed E-state index contributed by atoms with van der Waals surface area (Å²) < 4.78 is 5.59. The van der Waals surface area contributed by atoms with Crippen LogP contribution in [0.3, 0.4) is 0 Å². The van der Waals surface area contributed by atoms with Gasteiger partial charge in [0.15, 0.2) is 0 Å². The van der Waals surface area contributed by atoms with Gasteiger partial charge in [0.05, 0.1) is 6.54 Å². The molecule has 0 aliphatic heterocycles. The summed E-state index contributed by atoms with van der Waals surface area (Å²) in [6.45, 7) is 7.88. The number of anilines is 2. The van der Waals surface area contributed by atoms with Crippen molar-refractivity contribution in [3.05, 3.63) is 35.2 Å². The predicted molar refractivity (Wildman–Crippen MR) is 80.1 cm³/mol. The molecule has 0 spiro atoms. The van der Waals surface area contributed by atoms with Crippen LogP contribution in [-0.2, 0) is 13.0 Å². The lowest BCUT2D eigenvalue weighted by molar-refractivity contribution is 0.479. The van der Waals surface area contributed by atoms with Gasteiger partial charge in [-0.15, -0.1) is 5.10 Å². The molecule has 0 bridgehead atoms. The molecule has 0 saturated heterocycles. The Kier molecular flexibility index (Phi) is 5.12. The summed E-state index contributed by atoms with van der Waals surface area (Å²) in [5, 5.41) is 14.5. The number of rotatable bonds is 7. The first-order valence-electron chi connectivity index (χ1n) is 7.13. The maximum absolute atomic E-state index is 5.59. The fourth-order valence-electron chi connectivity index (χ4n) is 2.06. The molecule has 2 N–H and O–H groups in total. The van der Waals surface area contributed by atoms with Gasteiger partial charge in [0.25, 0.3) is 0 Å². The molecule has 1 aromatic heterocycles. The minimum absolute atomic E-state index is 0.447. The SMILES string of the molecule is CCCNCc1nnc(Nc2c(C)cccc2CC)o1. The number of hydrogen-bond acceptors (Lipinski definition) is 5. The average Bonchev–Trinajstić information content (AvgIpc) is 2.89. The fourth-order valence-corrected chi connectivity index (χ4v) is 2.06. The third-order valence-corrected chi connectivity index (χ3v) is 3.14. The van der Waals surface area contributed by atoms with E-state index in [1.54, 1.807) is 0 Å². The van der Waals surface area contributed by atoms with Crippen molar-refractivity contribution in [3.8, 4) is 0 Å². The van der Waals surface area contributed by atoms with Crippen LogP contribution in [0.2, 0.25) is 0 Å². The Balaban J connectivity index is 2.07. The average molecular weight is 274 g/mol. The summed E-state index contributed by atoms with van der Waals surface area (Å²) in [5.41, 5.74) is 3.48. The lowest BCUT2D eigenvalue weighted by Gasteiger charge is -2.10. The van der Waals surface area contributed by atoms with Crippen molar-refractivity contribution in [1.82, 2.24) is 15.5 Å². The number of hydrogen-bond donors (Lipinski definition) is 2. The number of para-hydroxylation sites is 1. The molecule has 0 aliphatic carbocycles. The molecule has 1 heterocycles. The quantitative estimate of drug-likeness (QED) is 0.759. The Hall–Kier alpha value is -1.88. The molecule has 0 saturated carbocycles. The van der Waals surface area contributed by atoms with E-state index in [9.17, 15) is 0 Å². The van der Waals surface area contributed by atoms with E-state index in [1.807, 2.05) is 0 Å². The monoisotopic (exact) mass is 274 g/mol. The smallest absolute Gasteiger partial charge is 0.320 e. The number of nitrogens with one attached hydrogen (secondary N) is 2. The summed E-state index contributed by atoms with van der Waals surface area (Å²) in [6.07, 6.45) is 2.05. The molecule has 108 valence electrons. The normalized spacial score (nSPS) is 10.8. The highest BCUT2D eigenvalue weighted by Gasteiger charge is 2.09. The minimum atomic E-state index is 0.447. The van der Waals surface area contributed by atoms with Crippen molar-refractivity contribution < 1.29 is 4.42 Å². The van der Waals surface area contributed by atoms with Gasteiger partial charge in [-0.25, -0.2) is 0 Å². The summed E-state index contributed by atoms with van der Waals surface area (Å²) in [4.78, 5) is 0. The Bertz CT molecular complexity index is 551. The third-order valence-electron chi connectivity index (χ3n) is 3.14. The first-order chi connectivity index (χ1) is 9.74.